The highest BCUT2D eigenvalue weighted by Crippen LogP contribution is 2.29. The molecule has 1 fully saturated rings. The second-order valence-corrected chi connectivity index (χ2v) is 4.59. The van der Waals surface area contributed by atoms with Crippen molar-refractivity contribution in [2.45, 2.75) is 24.8 Å². The Hall–Kier alpha value is -0.800. The van der Waals surface area contributed by atoms with Crippen molar-refractivity contribution < 1.29 is 9.13 Å². The van der Waals surface area contributed by atoms with Crippen LogP contribution in [0.4, 0.5) is 10.1 Å². The lowest BCUT2D eigenvalue weighted by Crippen LogP contribution is -2.40. The van der Waals surface area contributed by atoms with Gasteiger partial charge in [-0.25, -0.2) is 4.39 Å². The molecular weight excluding hydrogens is 241 g/mol. The van der Waals surface area contributed by atoms with Gasteiger partial charge >= 0.3 is 0 Å². The Labute approximate surface area is 106 Å². The number of benzene rings is 1. The Morgan fingerprint density at radius 1 is 1.53 bits per heavy atom. The Bertz CT molecular complexity index is 386. The van der Waals surface area contributed by atoms with Gasteiger partial charge in [0.2, 0.25) is 0 Å². The Morgan fingerprint density at radius 2 is 2.35 bits per heavy atom. The van der Waals surface area contributed by atoms with Crippen molar-refractivity contribution in [2.75, 3.05) is 25.1 Å². The van der Waals surface area contributed by atoms with Crippen LogP contribution >= 0.6 is 11.6 Å². The van der Waals surface area contributed by atoms with Gasteiger partial charge in [0.15, 0.2) is 0 Å². The predicted molar refractivity (Wildman–Crippen MR) is 68.2 cm³/mol. The molecule has 1 heterocycles. The smallest absolute Gasteiger partial charge is 0.146 e. The number of nitrogens with zero attached hydrogens (tertiary/aromatic N) is 1. The van der Waals surface area contributed by atoms with Crippen molar-refractivity contribution in [1.29, 1.82) is 0 Å². The quantitative estimate of drug-likeness (QED) is 0.771. The van der Waals surface area contributed by atoms with Crippen LogP contribution in [0.25, 0.3) is 0 Å². The van der Waals surface area contributed by atoms with Crippen LogP contribution in [0.5, 0.6) is 0 Å². The van der Waals surface area contributed by atoms with Crippen molar-refractivity contribution in [3.05, 3.63) is 29.6 Å². The number of piperidine rings is 1. The summed E-state index contributed by atoms with van der Waals surface area (Å²) < 4.78 is 19.3. The van der Waals surface area contributed by atoms with Crippen molar-refractivity contribution in [2.24, 2.45) is 0 Å². The normalized spacial score (nSPS) is 20.6. The van der Waals surface area contributed by atoms with Crippen molar-refractivity contribution in [1.82, 2.24) is 0 Å². The van der Waals surface area contributed by atoms with Crippen LogP contribution in [-0.4, -0.2) is 26.3 Å². The highest BCUT2D eigenvalue weighted by atomic mass is 35.5. The van der Waals surface area contributed by atoms with Crippen LogP contribution < -0.4 is 4.90 Å². The number of alkyl halides is 1. The summed E-state index contributed by atoms with van der Waals surface area (Å²) in [6.45, 7) is 1.60. The lowest BCUT2D eigenvalue weighted by molar-refractivity contribution is 0.0891. The summed E-state index contributed by atoms with van der Waals surface area (Å²) in [5.74, 6) is 0.140. The fourth-order valence-corrected chi connectivity index (χ4v) is 2.57. The van der Waals surface area contributed by atoms with Crippen LogP contribution in [0.2, 0.25) is 0 Å². The van der Waals surface area contributed by atoms with E-state index in [1.807, 2.05) is 11.0 Å². The molecule has 0 aliphatic carbocycles. The van der Waals surface area contributed by atoms with Crippen LogP contribution in [-0.2, 0) is 10.6 Å². The van der Waals surface area contributed by atoms with Gasteiger partial charge in [0.25, 0.3) is 0 Å². The molecule has 1 aromatic carbocycles. The molecule has 0 N–H and O–H groups in total. The van der Waals surface area contributed by atoms with Crippen LogP contribution in [0.15, 0.2) is 18.2 Å². The predicted octanol–water partition coefficient (Wildman–Crippen LogP) is 3.18. The van der Waals surface area contributed by atoms with Crippen molar-refractivity contribution in [3.63, 3.8) is 0 Å². The maximum absolute atomic E-state index is 13.9. The van der Waals surface area contributed by atoms with Gasteiger partial charge in [-0.05, 0) is 24.5 Å². The fourth-order valence-electron chi connectivity index (χ4n) is 2.36. The molecule has 0 amide bonds. The van der Waals surface area contributed by atoms with Gasteiger partial charge in [-0.1, -0.05) is 12.1 Å². The number of methoxy groups -OCH3 is 1. The molecular formula is C13H17ClFNO. The van der Waals surface area contributed by atoms with Crippen LogP contribution in [0.1, 0.15) is 18.4 Å². The van der Waals surface area contributed by atoms with Gasteiger partial charge in [0.1, 0.15) is 5.82 Å². The molecule has 0 spiro atoms. The largest absolute Gasteiger partial charge is 0.380 e. The van der Waals surface area contributed by atoms with E-state index in [0.29, 0.717) is 11.6 Å². The third-order valence-electron chi connectivity index (χ3n) is 3.24. The van der Waals surface area contributed by atoms with E-state index < -0.39 is 0 Å². The molecule has 1 aliphatic heterocycles. The number of hydrogen-bond acceptors (Lipinski definition) is 2. The number of para-hydroxylation sites is 1. The average Bonchev–Trinajstić information content (AvgIpc) is 2.38. The third kappa shape index (κ3) is 2.72. The summed E-state index contributed by atoms with van der Waals surface area (Å²) in [4.78, 5) is 2.05. The lowest BCUT2D eigenvalue weighted by atomic mass is 10.1. The zero-order valence-corrected chi connectivity index (χ0v) is 10.7. The van der Waals surface area contributed by atoms with Crippen LogP contribution in [0, 0.1) is 5.82 Å². The topological polar surface area (TPSA) is 12.5 Å². The fraction of sp³-hybridized carbons (Fsp3) is 0.538. The van der Waals surface area contributed by atoms with Gasteiger partial charge < -0.3 is 9.64 Å². The molecule has 0 bridgehead atoms. The summed E-state index contributed by atoms with van der Waals surface area (Å²) in [5.41, 5.74) is 1.49. The highest BCUT2D eigenvalue weighted by molar-refractivity contribution is 6.17. The molecule has 0 aromatic heterocycles. The number of hydrogen-bond donors (Lipinski definition) is 0. The highest BCUT2D eigenvalue weighted by Gasteiger charge is 2.23. The first kappa shape index (κ1) is 12.7. The summed E-state index contributed by atoms with van der Waals surface area (Å²) in [5, 5.41) is 0. The Balaban J connectivity index is 2.26. The van der Waals surface area contributed by atoms with Gasteiger partial charge in [0.05, 0.1) is 11.8 Å². The lowest BCUT2D eigenvalue weighted by Gasteiger charge is -2.34. The molecule has 17 heavy (non-hydrogen) atoms. The second kappa shape index (κ2) is 5.69. The van der Waals surface area contributed by atoms with E-state index in [9.17, 15) is 4.39 Å². The van der Waals surface area contributed by atoms with Crippen molar-refractivity contribution in [3.8, 4) is 0 Å². The number of anilines is 1. The minimum atomic E-state index is -0.195. The van der Waals surface area contributed by atoms with Crippen molar-refractivity contribution >= 4 is 17.3 Å². The summed E-state index contributed by atoms with van der Waals surface area (Å²) in [7, 11) is 1.71. The molecule has 94 valence electrons. The zero-order chi connectivity index (χ0) is 12.3. The molecule has 0 saturated carbocycles. The maximum atomic E-state index is 13.9. The van der Waals surface area contributed by atoms with E-state index in [-0.39, 0.29) is 11.9 Å². The van der Waals surface area contributed by atoms with Gasteiger partial charge in [-0.3, -0.25) is 0 Å². The zero-order valence-electron chi connectivity index (χ0n) is 9.96. The molecule has 0 radical (unpaired) electrons. The monoisotopic (exact) mass is 257 g/mol. The molecule has 1 atom stereocenters. The number of halogens is 2. The standard InChI is InChI=1S/C13H17ClFNO/c1-17-11-5-3-7-16(9-11)13-10(8-14)4-2-6-12(13)15/h2,4,6,11H,3,5,7-9H2,1H3. The van der Waals surface area contributed by atoms with E-state index >= 15 is 0 Å². The van der Waals surface area contributed by atoms with E-state index in [2.05, 4.69) is 0 Å². The van der Waals surface area contributed by atoms with E-state index in [0.717, 1.165) is 31.5 Å². The molecule has 1 aromatic rings. The third-order valence-corrected chi connectivity index (χ3v) is 3.53. The second-order valence-electron chi connectivity index (χ2n) is 4.33. The Kier molecular flexibility index (Phi) is 4.24. The number of ether oxygens (including phenoxy) is 1. The van der Waals surface area contributed by atoms with Gasteiger partial charge in [-0.15, -0.1) is 11.6 Å². The molecule has 2 nitrogen and oxygen atoms in total. The first-order valence-electron chi connectivity index (χ1n) is 5.87. The first-order valence-corrected chi connectivity index (χ1v) is 6.40. The SMILES string of the molecule is COC1CCCN(c2c(F)cccc2CCl)C1. The molecule has 1 aliphatic rings. The summed E-state index contributed by atoms with van der Waals surface area (Å²) in [6.07, 6.45) is 2.25. The van der Waals surface area contributed by atoms with E-state index in [4.69, 9.17) is 16.3 Å². The molecule has 4 heteroatoms. The molecule has 2 rings (SSSR count). The minimum Gasteiger partial charge on any atom is -0.380 e. The van der Waals surface area contributed by atoms with Gasteiger partial charge in [0, 0.05) is 26.1 Å². The summed E-state index contributed by atoms with van der Waals surface area (Å²) in [6, 6.07) is 5.07. The molecule has 1 unspecified atom stereocenters. The summed E-state index contributed by atoms with van der Waals surface area (Å²) >= 11 is 5.87. The van der Waals surface area contributed by atoms with E-state index in [1.165, 1.54) is 6.07 Å². The molecule has 1 saturated heterocycles. The maximum Gasteiger partial charge on any atom is 0.146 e. The average molecular weight is 258 g/mol. The Morgan fingerprint density at radius 3 is 3.06 bits per heavy atom. The minimum absolute atomic E-state index is 0.187. The van der Waals surface area contributed by atoms with Gasteiger partial charge in [-0.2, -0.15) is 0 Å². The first-order chi connectivity index (χ1) is 8.26. The van der Waals surface area contributed by atoms with Crippen LogP contribution in [0.3, 0.4) is 0 Å². The number of rotatable bonds is 3. The van der Waals surface area contributed by atoms with E-state index in [1.54, 1.807) is 13.2 Å².